The Bertz CT molecular complexity index is 1130. The zero-order chi connectivity index (χ0) is 22.9. The van der Waals surface area contributed by atoms with E-state index in [4.69, 9.17) is 4.74 Å². The van der Waals surface area contributed by atoms with Gasteiger partial charge in [0.05, 0.1) is 7.11 Å². The fourth-order valence-corrected chi connectivity index (χ4v) is 3.00. The number of hydrogen-bond donors (Lipinski definition) is 2. The van der Waals surface area contributed by atoms with E-state index in [-0.39, 0.29) is 12.1 Å². The lowest BCUT2D eigenvalue weighted by molar-refractivity contribution is -0.115. The number of aliphatic imine (C=N–C) groups is 1. The van der Waals surface area contributed by atoms with Crippen LogP contribution < -0.4 is 15.6 Å². The third kappa shape index (κ3) is 6.36. The predicted octanol–water partition coefficient (Wildman–Crippen LogP) is 3.74. The molecule has 32 heavy (non-hydrogen) atoms. The van der Waals surface area contributed by atoms with E-state index in [1.54, 1.807) is 54.6 Å². The number of carbonyl (C=O) groups excluding carboxylic acids is 3. The van der Waals surface area contributed by atoms with Gasteiger partial charge in [-0.05, 0) is 54.1 Å². The molecular weight excluding hydrogens is 474 g/mol. The summed E-state index contributed by atoms with van der Waals surface area (Å²) in [7, 11) is 1.53. The zero-order valence-electron chi connectivity index (χ0n) is 17.2. The number of amides is 3. The van der Waals surface area contributed by atoms with Crippen molar-refractivity contribution in [1.82, 2.24) is 10.9 Å². The van der Waals surface area contributed by atoms with E-state index in [1.165, 1.54) is 7.11 Å². The fraction of sp³-hybridized carbons (Fsp3) is 0.0833. The minimum atomic E-state index is -0.681. The third-order valence-corrected chi connectivity index (χ3v) is 4.97. The van der Waals surface area contributed by atoms with E-state index in [0.29, 0.717) is 16.9 Å². The molecule has 8 heteroatoms. The maximum Gasteiger partial charge on any atom is 0.284 e. The Kier molecular flexibility index (Phi) is 7.88. The third-order valence-electron chi connectivity index (χ3n) is 4.45. The maximum absolute atomic E-state index is 12.8. The second-order valence-corrected chi connectivity index (χ2v) is 7.59. The van der Waals surface area contributed by atoms with Crippen LogP contribution in [0, 0.1) is 0 Å². The fourth-order valence-electron chi connectivity index (χ4n) is 2.73. The molecule has 0 atom stereocenters. The van der Waals surface area contributed by atoms with Gasteiger partial charge in [-0.3, -0.25) is 25.2 Å². The summed E-state index contributed by atoms with van der Waals surface area (Å²) in [6.07, 6.45) is 0.0994. The van der Waals surface area contributed by atoms with Crippen LogP contribution in [-0.4, -0.2) is 30.5 Å². The Labute approximate surface area is 193 Å². The van der Waals surface area contributed by atoms with Crippen LogP contribution in [0.5, 0.6) is 5.75 Å². The first kappa shape index (κ1) is 22.9. The number of halogens is 1. The lowest BCUT2D eigenvalue weighted by Gasteiger charge is -2.10. The van der Waals surface area contributed by atoms with Crippen LogP contribution in [0.15, 0.2) is 88.3 Å². The van der Waals surface area contributed by atoms with E-state index < -0.39 is 17.7 Å². The Hall–Kier alpha value is -3.78. The van der Waals surface area contributed by atoms with Crippen molar-refractivity contribution in [3.8, 4) is 5.75 Å². The van der Waals surface area contributed by atoms with Gasteiger partial charge in [0, 0.05) is 22.0 Å². The molecule has 0 spiro atoms. The topological polar surface area (TPSA) is 96.9 Å². The van der Waals surface area contributed by atoms with Crippen molar-refractivity contribution in [2.24, 2.45) is 4.99 Å². The standard InChI is InChI=1S/C24H20BrN3O4/c1-32-20-13-9-18(10-14-20)22(29)26-21(15-16-7-11-19(25)12-8-16)24(31)28-27-23(30)17-5-3-2-4-6-17/h2-14H,15H2,1H3,(H,27,30)(H,28,31). The number of nitrogens with zero attached hydrogens (tertiary/aromatic N) is 1. The molecule has 0 radical (unpaired) electrons. The van der Waals surface area contributed by atoms with Gasteiger partial charge in [-0.15, -0.1) is 0 Å². The second-order valence-electron chi connectivity index (χ2n) is 6.67. The Balaban J connectivity index is 1.79. The van der Waals surface area contributed by atoms with Gasteiger partial charge in [0.2, 0.25) is 0 Å². The lowest BCUT2D eigenvalue weighted by Crippen LogP contribution is -2.45. The highest BCUT2D eigenvalue weighted by Crippen LogP contribution is 2.14. The molecule has 3 aromatic rings. The van der Waals surface area contributed by atoms with Gasteiger partial charge in [0.15, 0.2) is 0 Å². The SMILES string of the molecule is COc1ccc(C(=O)N=C(Cc2ccc(Br)cc2)C(=O)NNC(=O)c2ccccc2)cc1. The Morgan fingerprint density at radius 3 is 2.12 bits per heavy atom. The molecule has 0 aliphatic rings. The summed E-state index contributed by atoms with van der Waals surface area (Å²) in [5.74, 6) is -1.14. The summed E-state index contributed by atoms with van der Waals surface area (Å²) in [4.78, 5) is 41.7. The van der Waals surface area contributed by atoms with E-state index in [2.05, 4.69) is 31.8 Å². The van der Waals surface area contributed by atoms with Gasteiger partial charge in [-0.2, -0.15) is 0 Å². The van der Waals surface area contributed by atoms with Crippen molar-refractivity contribution in [2.45, 2.75) is 6.42 Å². The van der Waals surface area contributed by atoms with E-state index in [1.807, 2.05) is 24.3 Å². The van der Waals surface area contributed by atoms with Gasteiger partial charge < -0.3 is 4.74 Å². The quantitative estimate of drug-likeness (QED) is 0.403. The van der Waals surface area contributed by atoms with Crippen LogP contribution in [0.1, 0.15) is 26.3 Å². The molecule has 0 saturated carbocycles. The van der Waals surface area contributed by atoms with E-state index >= 15 is 0 Å². The Morgan fingerprint density at radius 2 is 1.50 bits per heavy atom. The molecule has 0 heterocycles. The summed E-state index contributed by atoms with van der Waals surface area (Å²) in [6.45, 7) is 0. The molecule has 0 bridgehead atoms. The molecule has 0 aliphatic heterocycles. The molecule has 0 unspecified atom stereocenters. The first-order valence-corrected chi connectivity index (χ1v) is 10.4. The number of hydrazine groups is 1. The molecule has 0 fully saturated rings. The molecule has 0 aliphatic carbocycles. The van der Waals surface area contributed by atoms with Crippen molar-refractivity contribution >= 4 is 39.4 Å². The highest BCUT2D eigenvalue weighted by molar-refractivity contribution is 9.10. The lowest BCUT2D eigenvalue weighted by atomic mass is 10.1. The molecule has 7 nitrogen and oxygen atoms in total. The molecule has 3 rings (SSSR count). The first-order chi connectivity index (χ1) is 15.5. The summed E-state index contributed by atoms with van der Waals surface area (Å²) >= 11 is 3.36. The Morgan fingerprint density at radius 1 is 0.844 bits per heavy atom. The van der Waals surface area contributed by atoms with Gasteiger partial charge in [-0.1, -0.05) is 46.3 Å². The first-order valence-electron chi connectivity index (χ1n) is 9.62. The number of nitrogens with one attached hydrogen (secondary N) is 2. The molecule has 3 aromatic carbocycles. The molecule has 162 valence electrons. The van der Waals surface area contributed by atoms with Gasteiger partial charge >= 0.3 is 0 Å². The van der Waals surface area contributed by atoms with Gasteiger partial charge in [-0.25, -0.2) is 4.99 Å². The largest absolute Gasteiger partial charge is 0.497 e. The summed E-state index contributed by atoms with van der Waals surface area (Å²) < 4.78 is 5.98. The molecule has 0 saturated heterocycles. The van der Waals surface area contributed by atoms with Crippen LogP contribution in [0.2, 0.25) is 0 Å². The minimum absolute atomic E-state index is 0.0403. The van der Waals surface area contributed by atoms with Crippen LogP contribution in [0.25, 0.3) is 0 Å². The second kappa shape index (κ2) is 11.0. The molecule has 3 amide bonds. The summed E-state index contributed by atoms with van der Waals surface area (Å²) in [5.41, 5.74) is 6.11. The van der Waals surface area contributed by atoms with Crippen LogP contribution >= 0.6 is 15.9 Å². The molecule has 0 aromatic heterocycles. The van der Waals surface area contributed by atoms with Crippen molar-refractivity contribution in [1.29, 1.82) is 0 Å². The number of hydrogen-bond acceptors (Lipinski definition) is 4. The number of carbonyl (C=O) groups is 3. The van der Waals surface area contributed by atoms with Gasteiger partial charge in [0.1, 0.15) is 11.5 Å². The number of methoxy groups -OCH3 is 1. The predicted molar refractivity (Wildman–Crippen MR) is 125 cm³/mol. The monoisotopic (exact) mass is 493 g/mol. The van der Waals surface area contributed by atoms with Gasteiger partial charge in [0.25, 0.3) is 17.7 Å². The van der Waals surface area contributed by atoms with Crippen molar-refractivity contribution in [3.63, 3.8) is 0 Å². The highest BCUT2D eigenvalue weighted by atomic mass is 79.9. The zero-order valence-corrected chi connectivity index (χ0v) is 18.8. The minimum Gasteiger partial charge on any atom is -0.497 e. The van der Waals surface area contributed by atoms with E-state index in [9.17, 15) is 14.4 Å². The van der Waals surface area contributed by atoms with Crippen LogP contribution in [0.4, 0.5) is 0 Å². The molecule has 2 N–H and O–H groups in total. The number of benzene rings is 3. The molecular formula is C24H20BrN3O4. The van der Waals surface area contributed by atoms with Crippen LogP contribution in [-0.2, 0) is 11.2 Å². The van der Waals surface area contributed by atoms with Crippen LogP contribution in [0.3, 0.4) is 0 Å². The van der Waals surface area contributed by atoms with Crippen molar-refractivity contribution < 1.29 is 19.1 Å². The number of ether oxygens (including phenoxy) is 1. The normalized spacial score (nSPS) is 10.9. The summed E-state index contributed by atoms with van der Waals surface area (Å²) in [5, 5.41) is 0. The average Bonchev–Trinajstić information content (AvgIpc) is 2.83. The van der Waals surface area contributed by atoms with Crippen molar-refractivity contribution in [3.05, 3.63) is 100 Å². The maximum atomic E-state index is 12.8. The van der Waals surface area contributed by atoms with Crippen molar-refractivity contribution in [2.75, 3.05) is 7.11 Å². The highest BCUT2D eigenvalue weighted by Gasteiger charge is 2.17. The average molecular weight is 494 g/mol. The number of rotatable bonds is 6. The summed E-state index contributed by atoms with van der Waals surface area (Å²) in [6, 6.07) is 22.1. The smallest absolute Gasteiger partial charge is 0.284 e. The van der Waals surface area contributed by atoms with E-state index in [0.717, 1.165) is 10.0 Å².